The molecule has 2 fully saturated rings. The Bertz CT molecular complexity index is 796. The van der Waals surface area contributed by atoms with Gasteiger partial charge < -0.3 is 19.4 Å². The van der Waals surface area contributed by atoms with E-state index in [0.717, 1.165) is 50.6 Å². The fraction of sp³-hybridized carbons (Fsp3) is 0.429. The van der Waals surface area contributed by atoms with E-state index in [1.807, 2.05) is 17.0 Å². The third-order valence-corrected chi connectivity index (χ3v) is 5.26. The van der Waals surface area contributed by atoms with Gasteiger partial charge in [-0.15, -0.1) is 0 Å². The molecule has 0 radical (unpaired) electrons. The van der Waals surface area contributed by atoms with Gasteiger partial charge in [0.2, 0.25) is 0 Å². The molecule has 0 aliphatic carbocycles. The Labute approximate surface area is 160 Å². The van der Waals surface area contributed by atoms with Crippen LogP contribution in [0.3, 0.4) is 0 Å². The van der Waals surface area contributed by atoms with Gasteiger partial charge in [-0.1, -0.05) is 12.1 Å². The monoisotopic (exact) mass is 366 g/mol. The molecule has 0 saturated carbocycles. The molecule has 3 heterocycles. The fourth-order valence-corrected chi connectivity index (χ4v) is 3.69. The summed E-state index contributed by atoms with van der Waals surface area (Å²) in [5, 5.41) is 0. The Kier molecular flexibility index (Phi) is 5.25. The van der Waals surface area contributed by atoms with E-state index in [-0.39, 0.29) is 5.91 Å². The molecule has 4 rings (SSSR count). The average Bonchev–Trinajstić information content (AvgIpc) is 2.74. The van der Waals surface area contributed by atoms with Gasteiger partial charge in [0.05, 0.1) is 13.2 Å². The number of morpholine rings is 1. The zero-order valence-electron chi connectivity index (χ0n) is 15.8. The van der Waals surface area contributed by atoms with Crippen molar-refractivity contribution in [1.29, 1.82) is 0 Å². The molecule has 142 valence electrons. The molecule has 0 bridgehead atoms. The number of hydrogen-bond donors (Lipinski definition) is 0. The van der Waals surface area contributed by atoms with Crippen molar-refractivity contribution in [2.24, 2.45) is 0 Å². The van der Waals surface area contributed by atoms with E-state index in [1.165, 1.54) is 11.3 Å². The number of ether oxygens (including phenoxy) is 1. The van der Waals surface area contributed by atoms with Crippen molar-refractivity contribution in [2.75, 3.05) is 62.3 Å². The van der Waals surface area contributed by atoms with Crippen molar-refractivity contribution in [3.05, 3.63) is 53.7 Å². The zero-order chi connectivity index (χ0) is 18.6. The first-order chi connectivity index (χ1) is 13.2. The Morgan fingerprint density at radius 3 is 2.48 bits per heavy atom. The normalized spacial score (nSPS) is 17.9. The lowest BCUT2D eigenvalue weighted by Crippen LogP contribution is -2.48. The molecule has 27 heavy (non-hydrogen) atoms. The van der Waals surface area contributed by atoms with E-state index in [9.17, 15) is 4.79 Å². The fourth-order valence-electron chi connectivity index (χ4n) is 3.69. The number of nitrogens with zero attached hydrogens (tertiary/aromatic N) is 4. The summed E-state index contributed by atoms with van der Waals surface area (Å²) in [6, 6.07) is 12.3. The lowest BCUT2D eigenvalue weighted by atomic mass is 10.1. The van der Waals surface area contributed by atoms with Gasteiger partial charge in [-0.25, -0.2) is 4.98 Å². The van der Waals surface area contributed by atoms with Crippen molar-refractivity contribution in [3.63, 3.8) is 0 Å². The Hall–Kier alpha value is -2.60. The topological polar surface area (TPSA) is 48.9 Å². The average molecular weight is 366 g/mol. The van der Waals surface area contributed by atoms with Crippen LogP contribution in [0, 0.1) is 6.92 Å². The highest BCUT2D eigenvalue weighted by Gasteiger charge is 2.23. The Morgan fingerprint density at radius 2 is 1.74 bits per heavy atom. The molecule has 1 aromatic carbocycles. The number of hydrogen-bond acceptors (Lipinski definition) is 5. The number of rotatable bonds is 3. The van der Waals surface area contributed by atoms with E-state index < -0.39 is 0 Å². The minimum atomic E-state index is 0.0933. The number of carbonyl (C=O) groups is 1. The number of aryl methyl sites for hydroxylation is 1. The van der Waals surface area contributed by atoms with E-state index in [1.54, 1.807) is 6.20 Å². The van der Waals surface area contributed by atoms with Crippen LogP contribution < -0.4 is 9.80 Å². The molecule has 0 N–H and O–H groups in total. The zero-order valence-corrected chi connectivity index (χ0v) is 15.8. The van der Waals surface area contributed by atoms with Crippen LogP contribution in [0.1, 0.15) is 15.9 Å². The van der Waals surface area contributed by atoms with Crippen molar-refractivity contribution in [1.82, 2.24) is 9.88 Å². The minimum Gasteiger partial charge on any atom is -0.378 e. The van der Waals surface area contributed by atoms with Crippen molar-refractivity contribution in [2.45, 2.75) is 6.92 Å². The number of benzene rings is 1. The van der Waals surface area contributed by atoms with Gasteiger partial charge in [0, 0.05) is 56.7 Å². The lowest BCUT2D eigenvalue weighted by molar-refractivity contribution is 0.0746. The lowest BCUT2D eigenvalue weighted by Gasteiger charge is -2.36. The predicted molar refractivity (Wildman–Crippen MR) is 107 cm³/mol. The van der Waals surface area contributed by atoms with Crippen LogP contribution in [0.5, 0.6) is 0 Å². The molecule has 0 atom stereocenters. The molecule has 6 nitrogen and oxygen atoms in total. The molecule has 2 aliphatic rings. The summed E-state index contributed by atoms with van der Waals surface area (Å²) in [4.78, 5) is 23.9. The third kappa shape index (κ3) is 4.06. The van der Waals surface area contributed by atoms with E-state index in [2.05, 4.69) is 46.0 Å². The van der Waals surface area contributed by atoms with Crippen molar-refractivity contribution in [3.8, 4) is 0 Å². The molecular formula is C21H26N4O2. The van der Waals surface area contributed by atoms with Gasteiger partial charge in [0.1, 0.15) is 5.82 Å². The molecule has 6 heteroatoms. The van der Waals surface area contributed by atoms with Crippen LogP contribution in [-0.2, 0) is 4.74 Å². The van der Waals surface area contributed by atoms with Gasteiger partial charge >= 0.3 is 0 Å². The van der Waals surface area contributed by atoms with Gasteiger partial charge in [-0.2, -0.15) is 0 Å². The highest BCUT2D eigenvalue weighted by molar-refractivity contribution is 5.95. The quantitative estimate of drug-likeness (QED) is 0.833. The van der Waals surface area contributed by atoms with Crippen LogP contribution >= 0.6 is 0 Å². The number of pyridine rings is 1. The molecule has 0 spiro atoms. The first kappa shape index (κ1) is 17.8. The molecule has 1 aromatic heterocycles. The molecular weight excluding hydrogens is 340 g/mol. The summed E-state index contributed by atoms with van der Waals surface area (Å²) >= 11 is 0. The van der Waals surface area contributed by atoms with Crippen molar-refractivity contribution < 1.29 is 9.53 Å². The summed E-state index contributed by atoms with van der Waals surface area (Å²) in [5.74, 6) is 0.957. The van der Waals surface area contributed by atoms with Gasteiger partial charge in [-0.3, -0.25) is 4.79 Å². The molecule has 2 aliphatic heterocycles. The molecule has 2 saturated heterocycles. The number of anilines is 2. The SMILES string of the molecule is Cc1cccc(N2CCN(C(=O)c3ccnc(N4CCOCC4)c3)CC2)c1. The first-order valence-electron chi connectivity index (χ1n) is 9.60. The van der Waals surface area contributed by atoms with E-state index in [0.29, 0.717) is 13.2 Å². The molecule has 1 amide bonds. The van der Waals surface area contributed by atoms with Crippen LogP contribution in [0.15, 0.2) is 42.6 Å². The second kappa shape index (κ2) is 7.96. The van der Waals surface area contributed by atoms with Gasteiger partial charge in [-0.05, 0) is 36.8 Å². The first-order valence-corrected chi connectivity index (χ1v) is 9.60. The van der Waals surface area contributed by atoms with Crippen LogP contribution in [0.4, 0.5) is 11.5 Å². The van der Waals surface area contributed by atoms with Crippen LogP contribution in [0.25, 0.3) is 0 Å². The number of piperazine rings is 1. The summed E-state index contributed by atoms with van der Waals surface area (Å²) in [6.07, 6.45) is 1.74. The van der Waals surface area contributed by atoms with Crippen LogP contribution in [-0.4, -0.2) is 68.3 Å². The number of aromatic nitrogens is 1. The summed E-state index contributed by atoms with van der Waals surface area (Å²) in [6.45, 7) is 8.36. The maximum Gasteiger partial charge on any atom is 0.254 e. The summed E-state index contributed by atoms with van der Waals surface area (Å²) in [5.41, 5.74) is 3.22. The van der Waals surface area contributed by atoms with E-state index in [4.69, 9.17) is 4.74 Å². The highest BCUT2D eigenvalue weighted by Crippen LogP contribution is 2.20. The summed E-state index contributed by atoms with van der Waals surface area (Å²) < 4.78 is 5.40. The molecule has 0 unspecified atom stereocenters. The standard InChI is InChI=1S/C21H26N4O2/c1-17-3-2-4-19(15-17)23-7-9-25(10-8-23)21(26)18-5-6-22-20(16-18)24-11-13-27-14-12-24/h2-6,15-16H,7-14H2,1H3. The van der Waals surface area contributed by atoms with Crippen LogP contribution in [0.2, 0.25) is 0 Å². The van der Waals surface area contributed by atoms with Gasteiger partial charge in [0.25, 0.3) is 5.91 Å². The van der Waals surface area contributed by atoms with Crippen molar-refractivity contribution >= 4 is 17.4 Å². The maximum atomic E-state index is 13.0. The largest absolute Gasteiger partial charge is 0.378 e. The second-order valence-electron chi connectivity index (χ2n) is 7.12. The smallest absolute Gasteiger partial charge is 0.254 e. The Morgan fingerprint density at radius 1 is 0.963 bits per heavy atom. The third-order valence-electron chi connectivity index (χ3n) is 5.26. The van der Waals surface area contributed by atoms with Gasteiger partial charge in [0.15, 0.2) is 0 Å². The predicted octanol–water partition coefficient (Wildman–Crippen LogP) is 2.19. The number of carbonyl (C=O) groups excluding carboxylic acids is 1. The minimum absolute atomic E-state index is 0.0933. The van der Waals surface area contributed by atoms with E-state index >= 15 is 0 Å². The summed E-state index contributed by atoms with van der Waals surface area (Å²) in [7, 11) is 0. The maximum absolute atomic E-state index is 13.0. The number of amides is 1. The second-order valence-corrected chi connectivity index (χ2v) is 7.12. The molecule has 2 aromatic rings. The Balaban J connectivity index is 1.40. The highest BCUT2D eigenvalue weighted by atomic mass is 16.5.